The first-order chi connectivity index (χ1) is 14.8. The number of nitrogens with zero attached hydrogens (tertiary/aromatic N) is 3. The molecule has 1 heterocycles. The zero-order valence-corrected chi connectivity index (χ0v) is 18.2. The van der Waals surface area contributed by atoms with Gasteiger partial charge in [0.15, 0.2) is 0 Å². The maximum absolute atomic E-state index is 12.5. The summed E-state index contributed by atoms with van der Waals surface area (Å²) in [6, 6.07) is 11.5. The molecule has 0 atom stereocenters. The second-order valence-electron chi connectivity index (χ2n) is 7.52. The lowest BCUT2D eigenvalue weighted by atomic mass is 10.1. The quantitative estimate of drug-likeness (QED) is 0.711. The molecule has 0 spiro atoms. The number of halogens is 1. The van der Waals surface area contributed by atoms with Crippen molar-refractivity contribution in [3.8, 4) is 0 Å². The van der Waals surface area contributed by atoms with E-state index < -0.39 is 11.9 Å². The zero-order chi connectivity index (χ0) is 22.5. The number of nitrogens with one attached hydrogen (secondary N) is 1. The highest BCUT2D eigenvalue weighted by Crippen LogP contribution is 2.26. The molecule has 3 rings (SSSR count). The molecule has 0 aromatic heterocycles. The summed E-state index contributed by atoms with van der Waals surface area (Å²) in [6.45, 7) is 3.12. The van der Waals surface area contributed by atoms with Gasteiger partial charge in [-0.3, -0.25) is 14.5 Å². The number of hydrogen-bond acceptors (Lipinski definition) is 5. The van der Waals surface area contributed by atoms with Gasteiger partial charge in [-0.25, -0.2) is 4.79 Å². The van der Waals surface area contributed by atoms with Gasteiger partial charge in [-0.1, -0.05) is 23.7 Å². The van der Waals surface area contributed by atoms with E-state index in [0.29, 0.717) is 37.7 Å². The Hall–Kier alpha value is -3.10. The highest BCUT2D eigenvalue weighted by atomic mass is 35.5. The van der Waals surface area contributed by atoms with E-state index in [-0.39, 0.29) is 22.7 Å². The first kappa shape index (κ1) is 22.6. The van der Waals surface area contributed by atoms with Gasteiger partial charge in [-0.2, -0.15) is 0 Å². The average Bonchev–Trinajstić information content (AvgIpc) is 2.74. The number of benzene rings is 2. The molecular formula is C22H25ClN4O4. The van der Waals surface area contributed by atoms with Crippen LogP contribution in [-0.4, -0.2) is 79.5 Å². The predicted octanol–water partition coefficient (Wildman–Crippen LogP) is 2.50. The second kappa shape index (κ2) is 9.80. The predicted molar refractivity (Wildman–Crippen MR) is 120 cm³/mol. The van der Waals surface area contributed by atoms with Gasteiger partial charge in [-0.05, 0) is 30.3 Å². The minimum Gasteiger partial charge on any atom is -0.478 e. The minimum absolute atomic E-state index is 0.00289. The van der Waals surface area contributed by atoms with Crippen molar-refractivity contribution in [2.24, 2.45) is 0 Å². The molecule has 31 heavy (non-hydrogen) atoms. The number of aromatic carboxylic acids is 1. The summed E-state index contributed by atoms with van der Waals surface area (Å²) >= 11 is 6.06. The summed E-state index contributed by atoms with van der Waals surface area (Å²) in [5.41, 5.74) is 1.24. The number of likely N-dealkylation sites (N-methyl/N-ethyl adjacent to an activating group) is 1. The van der Waals surface area contributed by atoms with Crippen LogP contribution >= 0.6 is 11.6 Å². The number of anilines is 2. The number of carboxylic acid groups (broad SMARTS) is 1. The van der Waals surface area contributed by atoms with Crippen molar-refractivity contribution in [2.75, 3.05) is 57.0 Å². The van der Waals surface area contributed by atoms with Crippen molar-refractivity contribution in [3.63, 3.8) is 0 Å². The Morgan fingerprint density at radius 3 is 2.32 bits per heavy atom. The number of carbonyl (C=O) groups is 3. The normalized spacial score (nSPS) is 14.2. The van der Waals surface area contributed by atoms with Crippen LogP contribution in [0, 0.1) is 0 Å². The first-order valence-corrected chi connectivity index (χ1v) is 10.2. The van der Waals surface area contributed by atoms with E-state index in [2.05, 4.69) is 15.1 Å². The molecule has 0 radical (unpaired) electrons. The van der Waals surface area contributed by atoms with Crippen LogP contribution in [-0.2, 0) is 4.79 Å². The summed E-state index contributed by atoms with van der Waals surface area (Å²) < 4.78 is 0. The number of hydrogen-bond donors (Lipinski definition) is 2. The monoisotopic (exact) mass is 444 g/mol. The number of amides is 2. The molecular weight excluding hydrogens is 420 g/mol. The molecule has 1 saturated heterocycles. The van der Waals surface area contributed by atoms with Crippen LogP contribution < -0.4 is 10.2 Å². The molecule has 1 fully saturated rings. The molecule has 0 saturated carbocycles. The third-order valence-corrected chi connectivity index (χ3v) is 5.52. The first-order valence-electron chi connectivity index (χ1n) is 9.87. The molecule has 0 bridgehead atoms. The average molecular weight is 445 g/mol. The Bertz CT molecular complexity index is 987. The van der Waals surface area contributed by atoms with Crippen molar-refractivity contribution in [3.05, 3.63) is 58.6 Å². The van der Waals surface area contributed by atoms with E-state index in [4.69, 9.17) is 11.6 Å². The largest absolute Gasteiger partial charge is 0.478 e. The van der Waals surface area contributed by atoms with Crippen LogP contribution in [0.3, 0.4) is 0 Å². The summed E-state index contributed by atoms with van der Waals surface area (Å²) in [6.07, 6.45) is 0. The van der Waals surface area contributed by atoms with Crippen molar-refractivity contribution in [2.45, 2.75) is 0 Å². The lowest BCUT2D eigenvalue weighted by Gasteiger charge is -2.36. The third-order valence-electron chi connectivity index (χ3n) is 5.20. The summed E-state index contributed by atoms with van der Waals surface area (Å²) in [7, 11) is 3.47. The molecule has 2 aromatic rings. The minimum atomic E-state index is -1.13. The van der Waals surface area contributed by atoms with Gasteiger partial charge in [0.2, 0.25) is 5.91 Å². The molecule has 1 aliphatic heterocycles. The maximum atomic E-state index is 12.5. The van der Waals surface area contributed by atoms with E-state index >= 15 is 0 Å². The van der Waals surface area contributed by atoms with Crippen molar-refractivity contribution in [1.29, 1.82) is 0 Å². The molecule has 2 amide bonds. The van der Waals surface area contributed by atoms with E-state index in [1.165, 1.54) is 0 Å². The fourth-order valence-corrected chi connectivity index (χ4v) is 3.57. The van der Waals surface area contributed by atoms with Gasteiger partial charge in [0.05, 0.1) is 28.4 Å². The lowest BCUT2D eigenvalue weighted by Crippen LogP contribution is -2.49. The molecule has 9 heteroatoms. The van der Waals surface area contributed by atoms with Crippen LogP contribution in [0.4, 0.5) is 11.4 Å². The number of carbonyl (C=O) groups excluding carboxylic acids is 2. The Morgan fingerprint density at radius 2 is 1.71 bits per heavy atom. The summed E-state index contributed by atoms with van der Waals surface area (Å²) in [4.78, 5) is 42.0. The van der Waals surface area contributed by atoms with Gasteiger partial charge >= 0.3 is 5.97 Å². The van der Waals surface area contributed by atoms with Crippen molar-refractivity contribution >= 4 is 40.8 Å². The molecule has 8 nitrogen and oxygen atoms in total. The van der Waals surface area contributed by atoms with Crippen LogP contribution in [0.1, 0.15) is 20.7 Å². The highest BCUT2D eigenvalue weighted by molar-refractivity contribution is 6.34. The Labute approximate surface area is 186 Å². The van der Waals surface area contributed by atoms with Crippen LogP contribution in [0.2, 0.25) is 5.02 Å². The summed E-state index contributed by atoms with van der Waals surface area (Å²) in [5, 5.41) is 12.6. The second-order valence-corrected chi connectivity index (χ2v) is 7.93. The van der Waals surface area contributed by atoms with Gasteiger partial charge in [-0.15, -0.1) is 0 Å². The Kier molecular flexibility index (Phi) is 7.14. The zero-order valence-electron chi connectivity index (χ0n) is 17.5. The van der Waals surface area contributed by atoms with Gasteiger partial charge in [0.25, 0.3) is 5.91 Å². The van der Waals surface area contributed by atoms with Crippen LogP contribution in [0.15, 0.2) is 42.5 Å². The fourth-order valence-electron chi connectivity index (χ4n) is 3.35. The van der Waals surface area contributed by atoms with E-state index in [9.17, 15) is 19.5 Å². The van der Waals surface area contributed by atoms with E-state index in [0.717, 1.165) is 5.69 Å². The Morgan fingerprint density at radius 1 is 1.03 bits per heavy atom. The summed E-state index contributed by atoms with van der Waals surface area (Å²) in [5.74, 6) is -1.55. The number of piperazine rings is 1. The molecule has 0 aliphatic carbocycles. The molecule has 2 N–H and O–H groups in total. The van der Waals surface area contributed by atoms with E-state index in [1.54, 1.807) is 61.5 Å². The maximum Gasteiger partial charge on any atom is 0.337 e. The standard InChI is InChI=1S/C22H25ClN4O4/c1-25(2)20(28)14-26-9-11-27(12-10-26)15-7-8-19(17(13-15)22(30)31)24-21(29)16-5-3-4-6-18(16)23/h3-8,13H,9-12,14H2,1-2H3,(H,24,29)(H,30,31). The van der Waals surface area contributed by atoms with Gasteiger partial charge < -0.3 is 20.2 Å². The number of rotatable bonds is 6. The molecule has 2 aromatic carbocycles. The third kappa shape index (κ3) is 5.53. The SMILES string of the molecule is CN(C)C(=O)CN1CCN(c2ccc(NC(=O)c3ccccc3Cl)c(C(=O)O)c2)CC1. The smallest absolute Gasteiger partial charge is 0.337 e. The number of carboxylic acids is 1. The Balaban J connectivity index is 1.71. The van der Waals surface area contributed by atoms with Crippen molar-refractivity contribution < 1.29 is 19.5 Å². The van der Waals surface area contributed by atoms with E-state index in [1.807, 2.05) is 0 Å². The highest BCUT2D eigenvalue weighted by Gasteiger charge is 2.22. The lowest BCUT2D eigenvalue weighted by molar-refractivity contribution is -0.129. The molecule has 1 aliphatic rings. The molecule has 0 unspecified atom stereocenters. The van der Waals surface area contributed by atoms with Crippen LogP contribution in [0.5, 0.6) is 0 Å². The van der Waals surface area contributed by atoms with Crippen molar-refractivity contribution in [1.82, 2.24) is 9.80 Å². The fraction of sp³-hybridized carbons (Fsp3) is 0.318. The van der Waals surface area contributed by atoms with Gasteiger partial charge in [0.1, 0.15) is 0 Å². The topological polar surface area (TPSA) is 93.2 Å². The van der Waals surface area contributed by atoms with Gasteiger partial charge in [0, 0.05) is 46.0 Å². The van der Waals surface area contributed by atoms with Crippen LogP contribution in [0.25, 0.3) is 0 Å². The molecule has 164 valence electrons.